The number of rotatable bonds is 3. The van der Waals surface area contributed by atoms with Crippen molar-refractivity contribution >= 4 is 29.2 Å². The highest BCUT2D eigenvalue weighted by atomic mass is 35.5. The molecule has 1 fully saturated rings. The highest BCUT2D eigenvalue weighted by Crippen LogP contribution is 2.24. The van der Waals surface area contributed by atoms with Crippen LogP contribution in [0.25, 0.3) is 0 Å². The zero-order valence-corrected chi connectivity index (χ0v) is 10.4. The van der Waals surface area contributed by atoms with Crippen LogP contribution < -0.4 is 10.9 Å². The largest absolute Gasteiger partial charge is 0.481 e. The summed E-state index contributed by atoms with van der Waals surface area (Å²) >= 11 is 11.9. The number of hydrogen-bond acceptors (Lipinski definition) is 3. The van der Waals surface area contributed by atoms with Crippen LogP contribution in [0.1, 0.15) is 5.56 Å². The summed E-state index contributed by atoms with van der Waals surface area (Å²) < 4.78 is 0. The maximum atomic E-state index is 11.0. The topological polar surface area (TPSA) is 61.4 Å². The van der Waals surface area contributed by atoms with Crippen molar-refractivity contribution in [2.75, 3.05) is 6.54 Å². The Kier molecular flexibility index (Phi) is 3.89. The summed E-state index contributed by atoms with van der Waals surface area (Å²) in [6.45, 7) is 0.422. The van der Waals surface area contributed by atoms with Gasteiger partial charge in [-0.05, 0) is 24.1 Å². The van der Waals surface area contributed by atoms with Gasteiger partial charge in [0.1, 0.15) is 0 Å². The van der Waals surface area contributed by atoms with E-state index in [0.29, 0.717) is 23.0 Å². The second kappa shape index (κ2) is 5.23. The minimum atomic E-state index is -0.808. The van der Waals surface area contributed by atoms with Gasteiger partial charge in [-0.2, -0.15) is 0 Å². The Morgan fingerprint density at radius 3 is 2.88 bits per heavy atom. The summed E-state index contributed by atoms with van der Waals surface area (Å²) in [6.07, 6.45) is 0.556. The zero-order valence-electron chi connectivity index (χ0n) is 8.91. The van der Waals surface area contributed by atoms with E-state index < -0.39 is 11.9 Å². The minimum Gasteiger partial charge on any atom is -0.481 e. The fraction of sp³-hybridized carbons (Fsp3) is 0.364. The van der Waals surface area contributed by atoms with E-state index >= 15 is 0 Å². The summed E-state index contributed by atoms with van der Waals surface area (Å²) in [5.74, 6) is -1.25. The van der Waals surface area contributed by atoms with E-state index in [4.69, 9.17) is 28.3 Å². The number of hydrogen-bond donors (Lipinski definition) is 3. The summed E-state index contributed by atoms with van der Waals surface area (Å²) in [7, 11) is 0. The molecular formula is C11H12Cl2N2O2. The molecular weight excluding hydrogens is 263 g/mol. The Morgan fingerprint density at radius 2 is 2.24 bits per heavy atom. The monoisotopic (exact) mass is 274 g/mol. The molecule has 17 heavy (non-hydrogen) atoms. The van der Waals surface area contributed by atoms with Crippen molar-refractivity contribution in [3.05, 3.63) is 33.8 Å². The molecule has 1 aliphatic heterocycles. The van der Waals surface area contributed by atoms with Gasteiger partial charge in [-0.3, -0.25) is 15.6 Å². The van der Waals surface area contributed by atoms with E-state index in [9.17, 15) is 4.79 Å². The highest BCUT2D eigenvalue weighted by molar-refractivity contribution is 6.35. The van der Waals surface area contributed by atoms with E-state index in [-0.39, 0.29) is 6.04 Å². The lowest BCUT2D eigenvalue weighted by atomic mass is 9.95. The van der Waals surface area contributed by atoms with Crippen LogP contribution in [0.5, 0.6) is 0 Å². The number of aliphatic carboxylic acids is 1. The summed E-state index contributed by atoms with van der Waals surface area (Å²) in [5.41, 5.74) is 6.70. The van der Waals surface area contributed by atoms with Gasteiger partial charge in [-0.25, -0.2) is 0 Å². The average Bonchev–Trinajstić information content (AvgIpc) is 2.70. The molecule has 0 aromatic heterocycles. The third-order valence-electron chi connectivity index (χ3n) is 2.87. The quantitative estimate of drug-likeness (QED) is 0.786. The van der Waals surface area contributed by atoms with Crippen LogP contribution in [-0.4, -0.2) is 23.7 Å². The molecule has 1 aliphatic rings. The lowest BCUT2D eigenvalue weighted by Gasteiger charge is -2.15. The van der Waals surface area contributed by atoms with Crippen LogP contribution in [0.4, 0.5) is 0 Å². The second-order valence-electron chi connectivity index (χ2n) is 4.02. The molecule has 0 spiro atoms. The van der Waals surface area contributed by atoms with Crippen LogP contribution in [0, 0.1) is 5.92 Å². The van der Waals surface area contributed by atoms with Crippen molar-refractivity contribution in [3.8, 4) is 0 Å². The van der Waals surface area contributed by atoms with Crippen molar-refractivity contribution in [1.82, 2.24) is 10.9 Å². The minimum absolute atomic E-state index is 0.161. The van der Waals surface area contributed by atoms with Crippen molar-refractivity contribution in [2.45, 2.75) is 12.5 Å². The molecule has 92 valence electrons. The van der Waals surface area contributed by atoms with Gasteiger partial charge in [0.25, 0.3) is 0 Å². The first kappa shape index (κ1) is 12.6. The van der Waals surface area contributed by atoms with Crippen LogP contribution in [0.2, 0.25) is 10.0 Å². The first-order valence-electron chi connectivity index (χ1n) is 5.23. The molecule has 4 nitrogen and oxygen atoms in total. The molecule has 2 rings (SSSR count). The average molecular weight is 275 g/mol. The number of halogens is 2. The van der Waals surface area contributed by atoms with Gasteiger partial charge in [-0.15, -0.1) is 0 Å². The van der Waals surface area contributed by atoms with Gasteiger partial charge in [0.05, 0.1) is 5.92 Å². The van der Waals surface area contributed by atoms with Gasteiger partial charge < -0.3 is 5.11 Å². The fourth-order valence-electron chi connectivity index (χ4n) is 1.92. The van der Waals surface area contributed by atoms with Crippen LogP contribution in [-0.2, 0) is 11.2 Å². The van der Waals surface area contributed by atoms with Gasteiger partial charge in [0, 0.05) is 22.6 Å². The fourth-order valence-corrected chi connectivity index (χ4v) is 2.41. The van der Waals surface area contributed by atoms with E-state index in [1.54, 1.807) is 12.1 Å². The van der Waals surface area contributed by atoms with Crippen LogP contribution in [0.3, 0.4) is 0 Å². The molecule has 0 amide bonds. The molecule has 1 aromatic rings. The molecule has 0 bridgehead atoms. The smallest absolute Gasteiger partial charge is 0.309 e. The van der Waals surface area contributed by atoms with E-state index in [1.807, 2.05) is 6.07 Å². The molecule has 0 saturated carbocycles. The number of carboxylic acids is 1. The van der Waals surface area contributed by atoms with Crippen molar-refractivity contribution in [2.24, 2.45) is 5.92 Å². The first-order valence-corrected chi connectivity index (χ1v) is 5.98. The Labute approximate surface area is 109 Å². The predicted molar refractivity (Wildman–Crippen MR) is 66.2 cm³/mol. The first-order chi connectivity index (χ1) is 8.08. The summed E-state index contributed by atoms with van der Waals surface area (Å²) in [5, 5.41) is 10.2. The number of carbonyl (C=O) groups is 1. The number of nitrogens with one attached hydrogen (secondary N) is 2. The Balaban J connectivity index is 2.12. The van der Waals surface area contributed by atoms with Crippen molar-refractivity contribution in [3.63, 3.8) is 0 Å². The third-order valence-corrected chi connectivity index (χ3v) is 3.45. The zero-order chi connectivity index (χ0) is 12.4. The molecule has 1 saturated heterocycles. The van der Waals surface area contributed by atoms with Gasteiger partial charge in [0.2, 0.25) is 0 Å². The highest BCUT2D eigenvalue weighted by Gasteiger charge is 2.32. The molecule has 0 radical (unpaired) electrons. The van der Waals surface area contributed by atoms with Crippen molar-refractivity contribution < 1.29 is 9.90 Å². The number of benzene rings is 1. The summed E-state index contributed by atoms with van der Waals surface area (Å²) in [4.78, 5) is 11.0. The molecule has 2 atom stereocenters. The maximum Gasteiger partial charge on any atom is 0.309 e. The number of carboxylic acid groups (broad SMARTS) is 1. The lowest BCUT2D eigenvalue weighted by Crippen LogP contribution is -2.35. The van der Waals surface area contributed by atoms with Gasteiger partial charge in [0.15, 0.2) is 0 Å². The van der Waals surface area contributed by atoms with Crippen LogP contribution >= 0.6 is 23.2 Å². The van der Waals surface area contributed by atoms with Gasteiger partial charge >= 0.3 is 5.97 Å². The van der Waals surface area contributed by atoms with Gasteiger partial charge in [-0.1, -0.05) is 29.3 Å². The molecule has 2 unspecified atom stereocenters. The lowest BCUT2D eigenvalue weighted by molar-refractivity contribution is -0.141. The number of hydrazine groups is 1. The van der Waals surface area contributed by atoms with E-state index in [1.165, 1.54) is 0 Å². The molecule has 6 heteroatoms. The molecule has 1 aromatic carbocycles. The van der Waals surface area contributed by atoms with Crippen LogP contribution in [0.15, 0.2) is 18.2 Å². The maximum absolute atomic E-state index is 11.0. The van der Waals surface area contributed by atoms with E-state index in [2.05, 4.69) is 10.9 Å². The SMILES string of the molecule is O=C(O)C1CNNC1Cc1ccc(Cl)cc1Cl. The van der Waals surface area contributed by atoms with Crippen molar-refractivity contribution in [1.29, 1.82) is 0 Å². The molecule has 0 aliphatic carbocycles. The predicted octanol–water partition coefficient (Wildman–Crippen LogP) is 1.71. The Bertz CT molecular complexity index is 439. The third kappa shape index (κ3) is 2.90. The standard InChI is InChI=1S/C11H12Cl2N2O2/c12-7-2-1-6(9(13)4-7)3-10-8(11(16)17)5-14-15-10/h1-2,4,8,10,14-15H,3,5H2,(H,16,17). The normalized spacial score (nSPS) is 23.9. The molecule has 1 heterocycles. The summed E-state index contributed by atoms with van der Waals surface area (Å²) in [6, 6.07) is 5.08. The Hall–Kier alpha value is -0.810. The Morgan fingerprint density at radius 1 is 1.47 bits per heavy atom. The second-order valence-corrected chi connectivity index (χ2v) is 4.86. The van der Waals surface area contributed by atoms with E-state index in [0.717, 1.165) is 5.56 Å². The molecule has 3 N–H and O–H groups in total.